The first-order valence-electron chi connectivity index (χ1n) is 6.38. The molecule has 0 saturated carbocycles. The molecule has 1 heterocycles. The molecule has 0 amide bonds. The first-order chi connectivity index (χ1) is 9.93. The lowest BCUT2D eigenvalue weighted by molar-refractivity contribution is -0.137. The zero-order valence-electron chi connectivity index (χ0n) is 10.9. The highest BCUT2D eigenvalue weighted by molar-refractivity contribution is 5.84. The molecule has 2 nitrogen and oxygen atoms in total. The van der Waals surface area contributed by atoms with Gasteiger partial charge in [0.2, 0.25) is 0 Å². The van der Waals surface area contributed by atoms with Gasteiger partial charge in [-0.15, -0.1) is 0 Å². The SMILES string of the molecule is Oc1ccc(Cc2c[nH]c3ccc(C(F)(F)F)cc23)cc1. The standard InChI is InChI=1S/C16H12F3NO/c17-16(18,19)12-3-6-15-14(8-12)11(9-20-15)7-10-1-4-13(21)5-2-10/h1-6,8-9,20-21H,7H2. The summed E-state index contributed by atoms with van der Waals surface area (Å²) in [6.45, 7) is 0. The van der Waals surface area contributed by atoms with Gasteiger partial charge in [-0.25, -0.2) is 0 Å². The average Bonchev–Trinajstić information content (AvgIpc) is 2.83. The molecule has 2 aromatic carbocycles. The van der Waals surface area contributed by atoms with Crippen LogP contribution < -0.4 is 0 Å². The number of benzene rings is 2. The minimum atomic E-state index is -4.35. The van der Waals surface area contributed by atoms with Crippen molar-refractivity contribution in [2.75, 3.05) is 0 Å². The second-order valence-electron chi connectivity index (χ2n) is 4.92. The fourth-order valence-corrected chi connectivity index (χ4v) is 2.33. The van der Waals surface area contributed by atoms with E-state index in [1.165, 1.54) is 12.1 Å². The number of aromatic nitrogens is 1. The molecule has 0 bridgehead atoms. The topological polar surface area (TPSA) is 36.0 Å². The number of hydrogen-bond acceptors (Lipinski definition) is 1. The summed E-state index contributed by atoms with van der Waals surface area (Å²) in [7, 11) is 0. The van der Waals surface area contributed by atoms with E-state index in [-0.39, 0.29) is 5.75 Å². The monoisotopic (exact) mass is 291 g/mol. The Morgan fingerprint density at radius 1 is 1.00 bits per heavy atom. The van der Waals surface area contributed by atoms with Gasteiger partial charge in [0.15, 0.2) is 0 Å². The molecule has 0 saturated heterocycles. The van der Waals surface area contributed by atoms with Crippen molar-refractivity contribution in [2.45, 2.75) is 12.6 Å². The van der Waals surface area contributed by atoms with E-state index < -0.39 is 11.7 Å². The van der Waals surface area contributed by atoms with Crippen molar-refractivity contribution in [3.05, 3.63) is 65.4 Å². The van der Waals surface area contributed by atoms with E-state index >= 15 is 0 Å². The number of fused-ring (bicyclic) bond motifs is 1. The quantitative estimate of drug-likeness (QED) is 0.717. The number of phenols is 1. The van der Waals surface area contributed by atoms with Crippen LogP contribution in [0.25, 0.3) is 10.9 Å². The van der Waals surface area contributed by atoms with Crippen molar-refractivity contribution in [2.24, 2.45) is 0 Å². The van der Waals surface area contributed by atoms with E-state index in [0.717, 1.165) is 17.2 Å². The number of rotatable bonds is 2. The Kier molecular flexibility index (Phi) is 3.12. The Hall–Kier alpha value is -2.43. The summed E-state index contributed by atoms with van der Waals surface area (Å²) in [4.78, 5) is 2.98. The van der Waals surface area contributed by atoms with Crippen LogP contribution in [-0.4, -0.2) is 10.1 Å². The maximum atomic E-state index is 12.8. The van der Waals surface area contributed by atoms with Crippen molar-refractivity contribution in [1.82, 2.24) is 4.98 Å². The molecule has 0 aliphatic rings. The average molecular weight is 291 g/mol. The predicted octanol–water partition coefficient (Wildman–Crippen LogP) is 4.48. The van der Waals surface area contributed by atoms with Gasteiger partial charge in [-0.2, -0.15) is 13.2 Å². The molecule has 21 heavy (non-hydrogen) atoms. The number of aromatic amines is 1. The Labute approximate surface area is 118 Å². The third kappa shape index (κ3) is 2.72. The summed E-state index contributed by atoms with van der Waals surface area (Å²) >= 11 is 0. The van der Waals surface area contributed by atoms with Crippen molar-refractivity contribution < 1.29 is 18.3 Å². The van der Waals surface area contributed by atoms with Crippen LogP contribution in [0.3, 0.4) is 0 Å². The Morgan fingerprint density at radius 3 is 2.38 bits per heavy atom. The van der Waals surface area contributed by atoms with Crippen LogP contribution in [0.5, 0.6) is 5.75 Å². The zero-order valence-corrected chi connectivity index (χ0v) is 10.9. The minimum absolute atomic E-state index is 0.164. The number of alkyl halides is 3. The first kappa shape index (κ1) is 13.5. The molecule has 0 radical (unpaired) electrons. The largest absolute Gasteiger partial charge is 0.508 e. The third-order valence-corrected chi connectivity index (χ3v) is 3.43. The van der Waals surface area contributed by atoms with E-state index in [0.29, 0.717) is 17.3 Å². The number of nitrogens with one attached hydrogen (secondary N) is 1. The molecule has 0 atom stereocenters. The van der Waals surface area contributed by atoms with Crippen LogP contribution in [-0.2, 0) is 12.6 Å². The van der Waals surface area contributed by atoms with Crippen LogP contribution in [0.15, 0.2) is 48.7 Å². The van der Waals surface area contributed by atoms with Crippen molar-refractivity contribution in [3.8, 4) is 5.75 Å². The highest BCUT2D eigenvalue weighted by Crippen LogP contribution is 2.32. The second kappa shape index (κ2) is 4.84. The summed E-state index contributed by atoms with van der Waals surface area (Å²) in [6, 6.07) is 10.3. The van der Waals surface area contributed by atoms with E-state index in [9.17, 15) is 18.3 Å². The number of H-pyrrole nitrogens is 1. The van der Waals surface area contributed by atoms with Crippen molar-refractivity contribution in [3.63, 3.8) is 0 Å². The summed E-state index contributed by atoms with van der Waals surface area (Å²) in [5.74, 6) is 0.164. The molecule has 108 valence electrons. The van der Waals surface area contributed by atoms with Crippen molar-refractivity contribution >= 4 is 10.9 Å². The smallest absolute Gasteiger partial charge is 0.416 e. The normalized spacial score (nSPS) is 12.0. The Bertz CT molecular complexity index is 772. The lowest BCUT2D eigenvalue weighted by atomic mass is 10.0. The molecular weight excluding hydrogens is 279 g/mol. The fourth-order valence-electron chi connectivity index (χ4n) is 2.33. The zero-order chi connectivity index (χ0) is 15.0. The van der Waals surface area contributed by atoms with E-state index in [4.69, 9.17) is 0 Å². The number of hydrogen-bond donors (Lipinski definition) is 2. The van der Waals surface area contributed by atoms with Gasteiger partial charge in [0.1, 0.15) is 5.75 Å². The van der Waals surface area contributed by atoms with Crippen LogP contribution in [0.1, 0.15) is 16.7 Å². The van der Waals surface area contributed by atoms with Crippen LogP contribution in [0.4, 0.5) is 13.2 Å². The van der Waals surface area contributed by atoms with Gasteiger partial charge in [0, 0.05) is 17.1 Å². The highest BCUT2D eigenvalue weighted by atomic mass is 19.4. The lowest BCUT2D eigenvalue weighted by Gasteiger charge is -2.07. The number of aromatic hydroxyl groups is 1. The number of halogens is 3. The second-order valence-corrected chi connectivity index (χ2v) is 4.92. The Morgan fingerprint density at radius 2 is 1.71 bits per heavy atom. The molecule has 1 aromatic heterocycles. The van der Waals surface area contributed by atoms with Crippen LogP contribution in [0.2, 0.25) is 0 Å². The molecule has 0 aliphatic heterocycles. The van der Waals surface area contributed by atoms with Crippen LogP contribution in [0, 0.1) is 0 Å². The summed E-state index contributed by atoms with van der Waals surface area (Å²) < 4.78 is 38.4. The first-order valence-corrected chi connectivity index (χ1v) is 6.38. The van der Waals surface area contributed by atoms with Gasteiger partial charge >= 0.3 is 6.18 Å². The summed E-state index contributed by atoms with van der Waals surface area (Å²) in [5, 5.41) is 9.82. The fraction of sp³-hybridized carbons (Fsp3) is 0.125. The highest BCUT2D eigenvalue weighted by Gasteiger charge is 2.30. The summed E-state index contributed by atoms with van der Waals surface area (Å²) in [5.41, 5.74) is 1.74. The van der Waals surface area contributed by atoms with Gasteiger partial charge in [-0.1, -0.05) is 12.1 Å². The van der Waals surface area contributed by atoms with Crippen molar-refractivity contribution in [1.29, 1.82) is 0 Å². The van der Waals surface area contributed by atoms with E-state index in [1.807, 2.05) is 0 Å². The summed E-state index contributed by atoms with van der Waals surface area (Å²) in [6.07, 6.45) is -2.12. The lowest BCUT2D eigenvalue weighted by Crippen LogP contribution is -2.04. The van der Waals surface area contributed by atoms with Gasteiger partial charge in [0.25, 0.3) is 0 Å². The molecule has 3 rings (SSSR count). The third-order valence-electron chi connectivity index (χ3n) is 3.43. The molecular formula is C16H12F3NO. The Balaban J connectivity index is 2.00. The molecule has 0 spiro atoms. The van der Waals surface area contributed by atoms with Crippen LogP contribution >= 0.6 is 0 Å². The molecule has 5 heteroatoms. The minimum Gasteiger partial charge on any atom is -0.508 e. The van der Waals surface area contributed by atoms with E-state index in [2.05, 4.69) is 4.98 Å². The maximum absolute atomic E-state index is 12.8. The number of phenolic OH excluding ortho intramolecular Hbond substituents is 1. The van der Waals surface area contributed by atoms with Gasteiger partial charge in [-0.05, 0) is 47.9 Å². The van der Waals surface area contributed by atoms with Gasteiger partial charge in [0.05, 0.1) is 5.56 Å². The van der Waals surface area contributed by atoms with E-state index in [1.54, 1.807) is 30.5 Å². The molecule has 0 unspecified atom stereocenters. The van der Waals surface area contributed by atoms with Gasteiger partial charge in [-0.3, -0.25) is 0 Å². The maximum Gasteiger partial charge on any atom is 0.416 e. The molecule has 3 aromatic rings. The van der Waals surface area contributed by atoms with Gasteiger partial charge < -0.3 is 10.1 Å². The molecule has 0 fully saturated rings. The molecule has 2 N–H and O–H groups in total. The molecule has 0 aliphatic carbocycles. The predicted molar refractivity (Wildman–Crippen MR) is 74.2 cm³/mol.